The van der Waals surface area contributed by atoms with Gasteiger partial charge in [0, 0.05) is 48.6 Å². The molecule has 26 heavy (non-hydrogen) atoms. The second-order valence-electron chi connectivity index (χ2n) is 7.49. The Morgan fingerprint density at radius 2 is 1.31 bits per heavy atom. The zero-order valence-electron chi connectivity index (χ0n) is 16.1. The Morgan fingerprint density at radius 3 is 1.65 bits per heavy atom. The number of anilines is 1. The summed E-state index contributed by atoms with van der Waals surface area (Å²) in [5.74, 6) is -0.0861. The van der Waals surface area contributed by atoms with Crippen molar-refractivity contribution < 1.29 is 10.2 Å². The topological polar surface area (TPSA) is 91.8 Å². The van der Waals surface area contributed by atoms with Crippen molar-refractivity contribution in [1.82, 2.24) is 21.7 Å². The number of benzene rings is 1. The summed E-state index contributed by atoms with van der Waals surface area (Å²) in [6.45, 7) is 10.4. The fourth-order valence-electron chi connectivity index (χ4n) is 4.58. The van der Waals surface area contributed by atoms with Crippen LogP contribution >= 0.6 is 0 Å². The molecule has 0 aliphatic carbocycles. The Kier molecular flexibility index (Phi) is 6.17. The van der Waals surface area contributed by atoms with Gasteiger partial charge in [-0.2, -0.15) is 0 Å². The summed E-state index contributed by atoms with van der Waals surface area (Å²) in [5, 5.41) is 21.1. The van der Waals surface area contributed by atoms with Crippen molar-refractivity contribution in [3.63, 3.8) is 0 Å². The van der Waals surface area contributed by atoms with E-state index in [0.717, 1.165) is 18.7 Å². The molecule has 6 unspecified atom stereocenters. The molecule has 1 aromatic carbocycles. The van der Waals surface area contributed by atoms with Crippen LogP contribution in [0.25, 0.3) is 0 Å². The maximum absolute atomic E-state index is 10.5. The summed E-state index contributed by atoms with van der Waals surface area (Å²) >= 11 is 0. The lowest BCUT2D eigenvalue weighted by Crippen LogP contribution is -2.41. The third-order valence-corrected chi connectivity index (χ3v) is 6.04. The number of hydrogen-bond acceptors (Lipinski definition) is 7. The highest BCUT2D eigenvalue weighted by Gasteiger charge is 2.47. The smallest absolute Gasteiger partial charge is 0.122 e. The lowest BCUT2D eigenvalue weighted by Gasteiger charge is -2.36. The van der Waals surface area contributed by atoms with Crippen LogP contribution in [0.3, 0.4) is 0 Å². The van der Waals surface area contributed by atoms with E-state index >= 15 is 0 Å². The molecule has 0 spiro atoms. The van der Waals surface area contributed by atoms with Gasteiger partial charge in [-0.05, 0) is 45.4 Å². The SMILES string of the molecule is CCN(CC)c1ccc(C(C2C(C)NNC2O)C2C(C)NNC2O)cc1. The quantitative estimate of drug-likeness (QED) is 0.438. The van der Waals surface area contributed by atoms with Gasteiger partial charge in [-0.15, -0.1) is 0 Å². The molecule has 1 aromatic rings. The molecule has 0 amide bonds. The van der Waals surface area contributed by atoms with Gasteiger partial charge in [-0.1, -0.05) is 12.1 Å². The van der Waals surface area contributed by atoms with E-state index in [1.165, 1.54) is 5.69 Å². The number of nitrogens with one attached hydrogen (secondary N) is 4. The van der Waals surface area contributed by atoms with E-state index in [1.54, 1.807) is 0 Å². The van der Waals surface area contributed by atoms with Crippen molar-refractivity contribution in [2.75, 3.05) is 18.0 Å². The third kappa shape index (κ3) is 3.60. The van der Waals surface area contributed by atoms with Crippen LogP contribution in [-0.2, 0) is 0 Å². The summed E-state index contributed by atoms with van der Waals surface area (Å²) < 4.78 is 0. The first-order valence-electron chi connectivity index (χ1n) is 9.71. The minimum Gasteiger partial charge on any atom is -0.377 e. The summed E-state index contributed by atoms with van der Waals surface area (Å²) in [6, 6.07) is 8.78. The molecule has 6 N–H and O–H groups in total. The average Bonchev–Trinajstić information content (AvgIpc) is 3.14. The van der Waals surface area contributed by atoms with Crippen molar-refractivity contribution in [2.24, 2.45) is 11.8 Å². The van der Waals surface area contributed by atoms with Gasteiger partial charge in [0.05, 0.1) is 0 Å². The van der Waals surface area contributed by atoms with Crippen molar-refractivity contribution in [3.8, 4) is 0 Å². The normalized spacial score (nSPS) is 35.6. The van der Waals surface area contributed by atoms with Crippen LogP contribution in [0.1, 0.15) is 39.2 Å². The van der Waals surface area contributed by atoms with Gasteiger partial charge in [0.2, 0.25) is 0 Å². The summed E-state index contributed by atoms with van der Waals surface area (Å²) in [6.07, 6.45) is -1.31. The van der Waals surface area contributed by atoms with Crippen LogP contribution in [0.2, 0.25) is 0 Å². The Hall–Kier alpha value is -1.22. The van der Waals surface area contributed by atoms with Gasteiger partial charge in [0.25, 0.3) is 0 Å². The molecule has 2 aliphatic rings. The number of hydrazine groups is 2. The van der Waals surface area contributed by atoms with Crippen molar-refractivity contribution in [3.05, 3.63) is 29.8 Å². The molecule has 0 saturated carbocycles. The fourth-order valence-corrected chi connectivity index (χ4v) is 4.58. The largest absolute Gasteiger partial charge is 0.377 e. The molecule has 2 aliphatic heterocycles. The second-order valence-corrected chi connectivity index (χ2v) is 7.49. The molecule has 0 bridgehead atoms. The predicted molar refractivity (Wildman–Crippen MR) is 103 cm³/mol. The molecular formula is C19H33N5O2. The van der Waals surface area contributed by atoms with Gasteiger partial charge in [-0.25, -0.2) is 10.9 Å². The van der Waals surface area contributed by atoms with E-state index in [1.807, 2.05) is 0 Å². The predicted octanol–water partition coefficient (Wildman–Crippen LogP) is 0.478. The molecule has 0 aromatic heterocycles. The Balaban J connectivity index is 1.95. The monoisotopic (exact) mass is 363 g/mol. The molecule has 3 rings (SSSR count). The number of rotatable bonds is 6. The molecule has 146 valence electrons. The maximum atomic E-state index is 10.5. The first-order chi connectivity index (χ1) is 12.5. The fraction of sp³-hybridized carbons (Fsp3) is 0.684. The van der Waals surface area contributed by atoms with E-state index in [2.05, 4.69) is 78.6 Å². The molecule has 6 atom stereocenters. The minimum atomic E-state index is -0.655. The summed E-state index contributed by atoms with van der Waals surface area (Å²) in [5.41, 5.74) is 14.5. The lowest BCUT2D eigenvalue weighted by atomic mass is 9.71. The van der Waals surface area contributed by atoms with E-state index in [0.29, 0.717) is 0 Å². The third-order valence-electron chi connectivity index (χ3n) is 6.04. The molecule has 7 nitrogen and oxygen atoms in total. The van der Waals surface area contributed by atoms with Crippen LogP contribution in [0.4, 0.5) is 5.69 Å². The summed E-state index contributed by atoms with van der Waals surface area (Å²) in [4.78, 5) is 2.31. The molecule has 7 heteroatoms. The Morgan fingerprint density at radius 1 is 0.846 bits per heavy atom. The van der Waals surface area contributed by atoms with Crippen molar-refractivity contribution >= 4 is 5.69 Å². The van der Waals surface area contributed by atoms with Gasteiger partial charge < -0.3 is 15.1 Å². The van der Waals surface area contributed by atoms with Crippen molar-refractivity contribution in [1.29, 1.82) is 0 Å². The van der Waals surface area contributed by atoms with Gasteiger partial charge in [0.15, 0.2) is 0 Å². The van der Waals surface area contributed by atoms with Crippen molar-refractivity contribution in [2.45, 2.75) is 58.2 Å². The second kappa shape index (κ2) is 8.21. The standard InChI is InChI=1S/C19H33N5O2/c1-5-24(6-2)14-9-7-13(8-10-14)17(15-11(3)20-22-18(15)25)16-12(4)21-23-19(16)26/h7-12,15-23,25-26H,5-6H2,1-4H3. The minimum absolute atomic E-state index is 0.000697. The number of nitrogens with zero attached hydrogens (tertiary/aromatic N) is 1. The first-order valence-corrected chi connectivity index (χ1v) is 9.71. The zero-order chi connectivity index (χ0) is 18.8. The van der Waals surface area contributed by atoms with Gasteiger partial charge in [-0.3, -0.25) is 10.9 Å². The van der Waals surface area contributed by atoms with Crippen LogP contribution in [0, 0.1) is 11.8 Å². The molecule has 2 fully saturated rings. The average molecular weight is 364 g/mol. The van der Waals surface area contributed by atoms with Gasteiger partial charge in [0.1, 0.15) is 12.5 Å². The molecular weight excluding hydrogens is 330 g/mol. The highest BCUT2D eigenvalue weighted by molar-refractivity contribution is 5.48. The van der Waals surface area contributed by atoms with Crippen LogP contribution in [0.5, 0.6) is 0 Å². The molecule has 2 heterocycles. The van der Waals surface area contributed by atoms with Crippen LogP contribution < -0.4 is 26.6 Å². The first kappa shape index (κ1) is 19.5. The van der Waals surface area contributed by atoms with Crippen LogP contribution in [-0.4, -0.2) is 47.8 Å². The van der Waals surface area contributed by atoms with Gasteiger partial charge >= 0.3 is 0 Å². The number of aliphatic hydroxyl groups is 2. The molecule has 0 radical (unpaired) electrons. The lowest BCUT2D eigenvalue weighted by molar-refractivity contribution is 0.0397. The van der Waals surface area contributed by atoms with E-state index < -0.39 is 12.5 Å². The highest BCUT2D eigenvalue weighted by Crippen LogP contribution is 2.41. The summed E-state index contributed by atoms with van der Waals surface area (Å²) in [7, 11) is 0. The Labute approximate surface area is 156 Å². The van der Waals surface area contributed by atoms with E-state index in [9.17, 15) is 10.2 Å². The van der Waals surface area contributed by atoms with E-state index in [-0.39, 0.29) is 29.8 Å². The van der Waals surface area contributed by atoms with E-state index in [4.69, 9.17) is 0 Å². The maximum Gasteiger partial charge on any atom is 0.122 e. The Bertz CT molecular complexity index is 536. The highest BCUT2D eigenvalue weighted by atomic mass is 16.3. The number of hydrogen-bond donors (Lipinski definition) is 6. The van der Waals surface area contributed by atoms with Crippen LogP contribution in [0.15, 0.2) is 24.3 Å². The number of aliphatic hydroxyl groups excluding tert-OH is 2. The zero-order valence-corrected chi connectivity index (χ0v) is 16.1. The molecule has 2 saturated heterocycles.